The van der Waals surface area contributed by atoms with Crippen LogP contribution in [0.4, 0.5) is 3.89 Å². The van der Waals surface area contributed by atoms with Crippen LogP contribution in [0, 0.1) is 12.3 Å². The Bertz CT molecular complexity index is 2000. The van der Waals surface area contributed by atoms with E-state index < -0.39 is 10.5 Å². The van der Waals surface area contributed by atoms with Gasteiger partial charge in [0, 0.05) is 46.9 Å². The minimum absolute atomic E-state index is 0.0601. The molecule has 11 heteroatoms. The average molecular weight is 547 g/mol. The van der Waals surface area contributed by atoms with E-state index in [1.807, 2.05) is 38.1 Å². The molecule has 5 aromatic rings. The molecule has 2 aromatic carbocycles. The van der Waals surface area contributed by atoms with Crippen LogP contribution in [-0.4, -0.2) is 42.1 Å². The molecule has 0 atom stereocenters. The first-order valence-electron chi connectivity index (χ1n) is 12.2. The molecule has 39 heavy (non-hydrogen) atoms. The van der Waals surface area contributed by atoms with Gasteiger partial charge in [-0.3, -0.25) is 9.78 Å². The van der Waals surface area contributed by atoms with E-state index in [1.54, 1.807) is 6.07 Å². The van der Waals surface area contributed by atoms with E-state index in [0.717, 1.165) is 17.1 Å². The number of rotatable bonds is 6. The minimum atomic E-state index is -5.24. The summed E-state index contributed by atoms with van der Waals surface area (Å²) in [5.74, 6) is 2.73. The zero-order valence-electron chi connectivity index (χ0n) is 21.0. The van der Waals surface area contributed by atoms with Gasteiger partial charge in [-0.2, -0.15) is 8.42 Å². The summed E-state index contributed by atoms with van der Waals surface area (Å²) < 4.78 is 48.0. The number of pyridine rings is 2. The number of aromatic nitrogens is 3. The molecule has 0 amide bonds. The molecule has 0 bridgehead atoms. The molecule has 0 radical (unpaired) electrons. The molecule has 0 aliphatic carbocycles. The summed E-state index contributed by atoms with van der Waals surface area (Å²) in [4.78, 5) is 21.5. The Morgan fingerprint density at radius 3 is 2.62 bits per heavy atom. The fourth-order valence-corrected chi connectivity index (χ4v) is 5.35. The van der Waals surface area contributed by atoms with Crippen molar-refractivity contribution in [2.45, 2.75) is 26.0 Å². The van der Waals surface area contributed by atoms with Crippen LogP contribution in [0.15, 0.2) is 53.6 Å². The number of terminal acetylenes is 1. The molecule has 0 spiro atoms. The van der Waals surface area contributed by atoms with Crippen molar-refractivity contribution in [2.24, 2.45) is 0 Å². The number of fused-ring (bicyclic) bond motifs is 4. The maximum Gasteiger partial charge on any atom is 0.488 e. The molecular weight excluding hydrogens is 523 g/mol. The lowest BCUT2D eigenvalue weighted by atomic mass is 10.0. The predicted octanol–water partition coefficient (Wildman–Crippen LogP) is 4.20. The monoisotopic (exact) mass is 546 g/mol. The van der Waals surface area contributed by atoms with Gasteiger partial charge in [0.25, 0.3) is 0 Å². The van der Waals surface area contributed by atoms with Gasteiger partial charge in [0.2, 0.25) is 0 Å². The third kappa shape index (κ3) is 4.37. The molecule has 198 valence electrons. The van der Waals surface area contributed by atoms with Gasteiger partial charge >= 0.3 is 10.5 Å². The van der Waals surface area contributed by atoms with Crippen molar-refractivity contribution in [3.8, 4) is 35.0 Å². The molecule has 0 saturated carbocycles. The lowest BCUT2D eigenvalue weighted by Crippen LogP contribution is -2.44. The van der Waals surface area contributed by atoms with Crippen LogP contribution in [0.1, 0.15) is 25.5 Å². The molecule has 2 N–H and O–H groups in total. The van der Waals surface area contributed by atoms with Crippen LogP contribution in [0.5, 0.6) is 11.5 Å². The SMILES string of the molecule is C#Cc1ccc2c(c1)[nH]c1c2c(=O)c2cc(OC(C)C)c(-c3cncc(OS(=O)(=O)F)c3)cc2n1C1CNC1. The summed E-state index contributed by atoms with van der Waals surface area (Å²) in [7, 11) is -5.24. The van der Waals surface area contributed by atoms with Crippen molar-refractivity contribution in [3.05, 3.63) is 64.6 Å². The van der Waals surface area contributed by atoms with Crippen LogP contribution in [0.3, 0.4) is 0 Å². The highest BCUT2D eigenvalue weighted by molar-refractivity contribution is 7.81. The topological polar surface area (TPSA) is 115 Å². The van der Waals surface area contributed by atoms with Gasteiger partial charge in [0.1, 0.15) is 11.4 Å². The van der Waals surface area contributed by atoms with E-state index in [1.165, 1.54) is 12.3 Å². The van der Waals surface area contributed by atoms with Gasteiger partial charge in [-0.1, -0.05) is 15.9 Å². The number of hydrogen-bond donors (Lipinski definition) is 2. The number of benzene rings is 2. The molecule has 1 aliphatic rings. The molecule has 1 saturated heterocycles. The molecule has 1 aliphatic heterocycles. The molecule has 1 fully saturated rings. The van der Waals surface area contributed by atoms with E-state index in [-0.39, 0.29) is 23.3 Å². The van der Waals surface area contributed by atoms with Crippen molar-refractivity contribution in [2.75, 3.05) is 13.1 Å². The van der Waals surface area contributed by atoms with Gasteiger partial charge in [0.15, 0.2) is 11.2 Å². The quantitative estimate of drug-likeness (QED) is 0.242. The van der Waals surface area contributed by atoms with E-state index in [0.29, 0.717) is 57.5 Å². The van der Waals surface area contributed by atoms with Crippen LogP contribution >= 0.6 is 0 Å². The second kappa shape index (κ2) is 9.11. The maximum atomic E-state index is 14.0. The number of H-pyrrole nitrogens is 1. The molecular formula is C28H23FN4O5S. The highest BCUT2D eigenvalue weighted by Crippen LogP contribution is 2.38. The number of aromatic amines is 1. The first-order chi connectivity index (χ1) is 18.6. The number of ether oxygens (including phenoxy) is 1. The Hall–Kier alpha value is -4.40. The molecule has 3 aromatic heterocycles. The Morgan fingerprint density at radius 1 is 1.15 bits per heavy atom. The molecule has 6 rings (SSSR count). The van der Waals surface area contributed by atoms with Crippen LogP contribution in [0.25, 0.3) is 44.0 Å². The maximum absolute atomic E-state index is 14.0. The average Bonchev–Trinajstić information content (AvgIpc) is 3.22. The predicted molar refractivity (Wildman–Crippen MR) is 147 cm³/mol. The Labute approximate surface area is 223 Å². The molecule has 4 heterocycles. The van der Waals surface area contributed by atoms with Crippen molar-refractivity contribution >= 4 is 43.3 Å². The first-order valence-corrected chi connectivity index (χ1v) is 13.5. The van der Waals surface area contributed by atoms with Crippen molar-refractivity contribution in [1.82, 2.24) is 19.9 Å². The Balaban J connectivity index is 1.69. The van der Waals surface area contributed by atoms with Gasteiger partial charge in [0.05, 0.1) is 34.6 Å². The molecule has 0 unspecified atom stereocenters. The lowest BCUT2D eigenvalue weighted by molar-refractivity contribution is 0.244. The highest BCUT2D eigenvalue weighted by Gasteiger charge is 2.27. The minimum Gasteiger partial charge on any atom is -0.490 e. The fourth-order valence-electron chi connectivity index (χ4n) is 5.03. The lowest BCUT2D eigenvalue weighted by Gasteiger charge is -2.32. The largest absolute Gasteiger partial charge is 0.490 e. The zero-order chi connectivity index (χ0) is 27.5. The van der Waals surface area contributed by atoms with Gasteiger partial charge in [-0.05, 0) is 44.2 Å². The second-order valence-corrected chi connectivity index (χ2v) is 10.6. The zero-order valence-corrected chi connectivity index (χ0v) is 21.8. The third-order valence-electron chi connectivity index (χ3n) is 6.72. The highest BCUT2D eigenvalue weighted by atomic mass is 32.3. The van der Waals surface area contributed by atoms with Crippen LogP contribution in [-0.2, 0) is 10.5 Å². The molecule has 9 nitrogen and oxygen atoms in total. The fraction of sp³-hybridized carbons (Fsp3) is 0.214. The van der Waals surface area contributed by atoms with Gasteiger partial charge < -0.3 is 23.8 Å². The summed E-state index contributed by atoms with van der Waals surface area (Å²) in [6.07, 6.45) is 7.95. The van der Waals surface area contributed by atoms with Crippen LogP contribution in [0.2, 0.25) is 0 Å². The standard InChI is InChI=1S/C28H23FN4O5S/c1-4-16-5-6-20-23(7-16)32-28-26(20)27(34)22-10-25(37-15(2)3)21(9-24(22)33(28)18-12-31-13-18)17-8-19(14-30-11-17)38-39(29,35)36/h1,5-11,14-15,18,31-32H,12-13H2,2-3H3. The Morgan fingerprint density at radius 2 is 1.95 bits per heavy atom. The first kappa shape index (κ1) is 24.9. The van der Waals surface area contributed by atoms with E-state index in [2.05, 4.69) is 30.0 Å². The third-order valence-corrected chi connectivity index (χ3v) is 7.11. The van der Waals surface area contributed by atoms with E-state index in [4.69, 9.17) is 11.2 Å². The summed E-state index contributed by atoms with van der Waals surface area (Å²) >= 11 is 0. The van der Waals surface area contributed by atoms with Crippen molar-refractivity contribution in [3.63, 3.8) is 0 Å². The van der Waals surface area contributed by atoms with E-state index >= 15 is 0 Å². The second-order valence-electron chi connectivity index (χ2n) is 9.68. The normalized spacial score (nSPS) is 14.1. The summed E-state index contributed by atoms with van der Waals surface area (Å²) in [6, 6.07) is 10.4. The van der Waals surface area contributed by atoms with Crippen molar-refractivity contribution < 1.29 is 21.2 Å². The summed E-state index contributed by atoms with van der Waals surface area (Å²) in [5, 5.41) is 5.08. The number of nitrogens with one attached hydrogen (secondary N) is 2. The Kier molecular flexibility index (Phi) is 5.82. The van der Waals surface area contributed by atoms with Crippen molar-refractivity contribution in [1.29, 1.82) is 0 Å². The van der Waals surface area contributed by atoms with Crippen LogP contribution < -0.4 is 19.7 Å². The number of hydrogen-bond acceptors (Lipinski definition) is 7. The van der Waals surface area contributed by atoms with E-state index in [9.17, 15) is 17.1 Å². The summed E-state index contributed by atoms with van der Waals surface area (Å²) in [6.45, 7) is 5.12. The van der Waals surface area contributed by atoms with Gasteiger partial charge in [-0.25, -0.2) is 0 Å². The summed E-state index contributed by atoms with van der Waals surface area (Å²) in [5.41, 5.74) is 3.58. The smallest absolute Gasteiger partial charge is 0.488 e. The number of nitrogens with zero attached hydrogens (tertiary/aromatic N) is 2. The number of halogens is 1. The van der Waals surface area contributed by atoms with Gasteiger partial charge in [-0.15, -0.1) is 6.42 Å².